The summed E-state index contributed by atoms with van der Waals surface area (Å²) in [6.45, 7) is 6.40. The third-order valence-electron chi connectivity index (χ3n) is 8.19. The number of terminal acetylenes is 1. The molecule has 1 aliphatic rings. The van der Waals surface area contributed by atoms with Crippen molar-refractivity contribution >= 4 is 36.9 Å². The predicted octanol–water partition coefficient (Wildman–Crippen LogP) is 6.63. The first-order chi connectivity index (χ1) is 24.9. The number of hydrogen-bond acceptors (Lipinski definition) is 13. The fourth-order valence-corrected chi connectivity index (χ4v) is 7.05. The van der Waals surface area contributed by atoms with E-state index in [1.165, 1.54) is 43.5 Å². The molecule has 1 fully saturated rings. The zero-order valence-corrected chi connectivity index (χ0v) is 30.9. The number of carbonyl (C=O) groups is 2. The Hall–Kier alpha value is -4.29. The van der Waals surface area contributed by atoms with Crippen LogP contribution in [0.2, 0.25) is 0 Å². The Morgan fingerprint density at radius 3 is 2.50 bits per heavy atom. The minimum absolute atomic E-state index is 0.00278. The molecule has 3 aromatic rings. The van der Waals surface area contributed by atoms with Gasteiger partial charge in [0.15, 0.2) is 28.7 Å². The molecule has 0 saturated carbocycles. The van der Waals surface area contributed by atoms with Crippen LogP contribution >= 0.6 is 7.75 Å². The number of aromatic nitrogens is 4. The van der Waals surface area contributed by atoms with Crippen molar-refractivity contribution in [3.8, 4) is 18.1 Å². The van der Waals surface area contributed by atoms with Crippen LogP contribution in [0.3, 0.4) is 0 Å². The molecule has 1 saturated heterocycles. The summed E-state index contributed by atoms with van der Waals surface area (Å²) in [5, 5.41) is 2.59. The molecule has 3 heterocycles. The number of carbonyl (C=O) groups excluding carboxylic acids is 2. The van der Waals surface area contributed by atoms with Gasteiger partial charge in [-0.3, -0.25) is 13.9 Å². The lowest BCUT2D eigenvalue weighted by Crippen LogP contribution is -2.46. The van der Waals surface area contributed by atoms with E-state index in [9.17, 15) is 18.5 Å². The van der Waals surface area contributed by atoms with Crippen LogP contribution in [0.25, 0.3) is 11.2 Å². The van der Waals surface area contributed by atoms with E-state index in [0.717, 1.165) is 19.3 Å². The van der Waals surface area contributed by atoms with Crippen molar-refractivity contribution in [3.63, 3.8) is 0 Å². The first-order valence-electron chi connectivity index (χ1n) is 17.5. The zero-order valence-electron chi connectivity index (χ0n) is 30.0. The number of nitrogen functional groups attached to an aromatic ring is 1. The highest BCUT2D eigenvalue weighted by Gasteiger charge is 2.53. The molecule has 284 valence electrons. The largest absolute Gasteiger partial charge is 0.508 e. The van der Waals surface area contributed by atoms with Gasteiger partial charge in [0.05, 0.1) is 19.0 Å². The first-order valence-corrected chi connectivity index (χ1v) is 19.0. The van der Waals surface area contributed by atoms with Gasteiger partial charge in [0.2, 0.25) is 0 Å². The van der Waals surface area contributed by atoms with Crippen molar-refractivity contribution in [1.29, 1.82) is 0 Å². The number of nitrogens with one attached hydrogen (secondary N) is 1. The minimum atomic E-state index is -4.44. The molecular weight excluding hydrogens is 698 g/mol. The average molecular weight is 747 g/mol. The Bertz CT molecular complexity index is 1720. The van der Waals surface area contributed by atoms with Crippen molar-refractivity contribution in [2.24, 2.45) is 0 Å². The Morgan fingerprint density at radius 1 is 1.13 bits per heavy atom. The number of unbranched alkanes of at least 4 members (excludes halogenated alkanes) is 7. The molecule has 52 heavy (non-hydrogen) atoms. The summed E-state index contributed by atoms with van der Waals surface area (Å²) in [6, 6.07) is 6.97. The summed E-state index contributed by atoms with van der Waals surface area (Å²) in [5.41, 5.74) is 4.06. The van der Waals surface area contributed by atoms with Gasteiger partial charge in [0.1, 0.15) is 24.6 Å². The van der Waals surface area contributed by atoms with Gasteiger partial charge in [-0.05, 0) is 39.3 Å². The van der Waals surface area contributed by atoms with Gasteiger partial charge < -0.3 is 29.2 Å². The molecule has 0 radical (unpaired) electrons. The molecule has 1 aromatic carbocycles. The van der Waals surface area contributed by atoms with Gasteiger partial charge in [0, 0.05) is 6.42 Å². The summed E-state index contributed by atoms with van der Waals surface area (Å²) in [6.07, 6.45) is 10.9. The molecule has 4 rings (SSSR count). The minimum Gasteiger partial charge on any atom is -0.462 e. The second-order valence-corrected chi connectivity index (χ2v) is 14.4. The quantitative estimate of drug-likeness (QED) is 0.0412. The summed E-state index contributed by atoms with van der Waals surface area (Å²) in [5.74, 6) is 1.75. The van der Waals surface area contributed by atoms with Crippen LogP contribution in [0.15, 0.2) is 36.7 Å². The van der Waals surface area contributed by atoms with Gasteiger partial charge in [-0.1, -0.05) is 76.0 Å². The van der Waals surface area contributed by atoms with Gasteiger partial charge in [-0.25, -0.2) is 14.3 Å². The second-order valence-electron chi connectivity index (χ2n) is 12.7. The maximum atomic E-state index is 14.3. The lowest BCUT2D eigenvalue weighted by Gasteiger charge is -2.31. The number of imidazole rings is 1. The topological polar surface area (TPSA) is 188 Å². The number of nitrogens with zero attached hydrogens (tertiary/aromatic N) is 4. The Kier molecular flexibility index (Phi) is 14.8. The number of anilines is 1. The monoisotopic (exact) mass is 746 g/mol. The van der Waals surface area contributed by atoms with E-state index in [-0.39, 0.29) is 35.8 Å². The second kappa shape index (κ2) is 19.0. The van der Waals surface area contributed by atoms with E-state index in [1.54, 1.807) is 44.2 Å². The lowest BCUT2D eigenvalue weighted by atomic mass is 9.99. The van der Waals surface area contributed by atoms with Gasteiger partial charge in [0.25, 0.3) is 0 Å². The molecular formula is C35H48FN6O9P. The molecule has 3 N–H and O–H groups in total. The Balaban J connectivity index is 1.55. The van der Waals surface area contributed by atoms with E-state index in [0.29, 0.717) is 6.42 Å². The fourth-order valence-electron chi connectivity index (χ4n) is 5.53. The van der Waals surface area contributed by atoms with Crippen LogP contribution in [0.1, 0.15) is 91.7 Å². The van der Waals surface area contributed by atoms with Crippen molar-refractivity contribution in [2.75, 3.05) is 18.9 Å². The average Bonchev–Trinajstić information content (AvgIpc) is 3.68. The van der Waals surface area contributed by atoms with Crippen molar-refractivity contribution in [2.45, 2.75) is 116 Å². The first kappa shape index (κ1) is 40.5. The number of esters is 1. The summed E-state index contributed by atoms with van der Waals surface area (Å²) in [4.78, 5) is 37.2. The summed E-state index contributed by atoms with van der Waals surface area (Å²) >= 11 is 0. The fraction of sp³-hybridized carbons (Fsp3) is 0.571. The van der Waals surface area contributed by atoms with Gasteiger partial charge in [-0.2, -0.15) is 19.4 Å². The van der Waals surface area contributed by atoms with Gasteiger partial charge >= 0.3 is 25.9 Å². The summed E-state index contributed by atoms with van der Waals surface area (Å²) in [7, 11) is -4.44. The number of fused-ring (bicyclic) bond motifs is 1. The van der Waals surface area contributed by atoms with E-state index in [2.05, 4.69) is 32.9 Å². The number of para-hydroxylation sites is 1. The van der Waals surface area contributed by atoms with E-state index in [1.807, 2.05) is 0 Å². The van der Waals surface area contributed by atoms with Crippen LogP contribution in [-0.2, 0) is 32.8 Å². The predicted molar refractivity (Wildman–Crippen MR) is 189 cm³/mol. The van der Waals surface area contributed by atoms with E-state index in [4.69, 9.17) is 40.2 Å². The highest BCUT2D eigenvalue weighted by molar-refractivity contribution is 7.52. The number of benzene rings is 1. The number of hydrogen-bond donors (Lipinski definition) is 2. The maximum absolute atomic E-state index is 14.3. The van der Waals surface area contributed by atoms with Crippen molar-refractivity contribution in [3.05, 3.63) is 42.7 Å². The molecule has 0 spiro atoms. The standard InChI is InChI=1S/C35H48FN6O9P/c1-6-8-9-10-11-12-13-17-20-46-34(44)49-27-21-28(42-23-38-29-30(37)39-33(36)40-31(29)42)50-35(27,7-2)22-47-52(45,51-26-18-15-14-16-19-26)41-25(5)32(43)48-24(3)4/h2,14-16,18-19,23-25,27-28H,6,8-13,17,20-22H2,1,3-5H3,(H,41,45)(H2,37,39,40)/t25-,27-,28+,35+,52-/m0/s1. The van der Waals surface area contributed by atoms with Crippen LogP contribution < -0.4 is 15.3 Å². The van der Waals surface area contributed by atoms with Crippen molar-refractivity contribution < 1.29 is 46.5 Å². The lowest BCUT2D eigenvalue weighted by molar-refractivity contribution is -0.149. The molecule has 0 amide bonds. The molecule has 0 bridgehead atoms. The van der Waals surface area contributed by atoms with Gasteiger partial charge in [-0.15, -0.1) is 6.42 Å². The number of halogens is 1. The van der Waals surface area contributed by atoms with Crippen LogP contribution in [-0.4, -0.2) is 68.7 Å². The summed E-state index contributed by atoms with van der Waals surface area (Å²) < 4.78 is 64.2. The molecule has 15 nitrogen and oxygen atoms in total. The molecule has 0 aliphatic carbocycles. The highest BCUT2D eigenvalue weighted by atomic mass is 31.2. The smallest absolute Gasteiger partial charge is 0.462 e. The maximum Gasteiger partial charge on any atom is 0.508 e. The molecule has 1 aliphatic heterocycles. The SMILES string of the molecule is C#C[C@]1(CO[P@@](=O)(N[C@@H](C)C(=O)OC(C)C)Oc2ccccc2)O[C@@H](n2cnc3c(N)nc(F)nc32)C[C@@H]1OC(=O)OCCCCCCCCCC. The van der Waals surface area contributed by atoms with E-state index >= 15 is 0 Å². The van der Waals surface area contributed by atoms with Crippen LogP contribution in [0.4, 0.5) is 15.0 Å². The molecule has 5 atom stereocenters. The highest BCUT2D eigenvalue weighted by Crippen LogP contribution is 2.48. The number of ether oxygens (including phenoxy) is 4. The number of rotatable bonds is 20. The molecule has 0 unspecified atom stereocenters. The molecule has 17 heteroatoms. The number of nitrogens with two attached hydrogens (primary N) is 1. The third kappa shape index (κ3) is 11.1. The zero-order chi connectivity index (χ0) is 37.7. The Morgan fingerprint density at radius 2 is 1.83 bits per heavy atom. The van der Waals surface area contributed by atoms with Crippen LogP contribution in [0, 0.1) is 18.4 Å². The van der Waals surface area contributed by atoms with E-state index < -0.39 is 62.6 Å². The Labute approximate surface area is 303 Å². The molecule has 2 aromatic heterocycles. The third-order valence-corrected chi connectivity index (χ3v) is 9.81. The van der Waals surface area contributed by atoms with Crippen LogP contribution in [0.5, 0.6) is 5.75 Å². The van der Waals surface area contributed by atoms with Crippen molar-refractivity contribution in [1.82, 2.24) is 24.6 Å². The normalized spacial score (nSPS) is 20.2.